The quantitative estimate of drug-likeness (QED) is 0.836. The average Bonchev–Trinajstić information content (AvgIpc) is 2.63. The molecule has 0 spiro atoms. The minimum atomic E-state index is 0.263. The lowest BCUT2D eigenvalue weighted by atomic mass is 10.0. The van der Waals surface area contributed by atoms with E-state index in [0.717, 1.165) is 36.4 Å². The Morgan fingerprint density at radius 3 is 3.17 bits per heavy atom. The van der Waals surface area contributed by atoms with Gasteiger partial charge in [-0.25, -0.2) is 0 Å². The molecule has 0 saturated heterocycles. The van der Waals surface area contributed by atoms with Crippen molar-refractivity contribution in [2.24, 2.45) is 0 Å². The van der Waals surface area contributed by atoms with Crippen LogP contribution in [0.15, 0.2) is 18.3 Å². The molecule has 1 N–H and O–H groups in total. The molecular weight excluding hydrogens is 226 g/mol. The van der Waals surface area contributed by atoms with Crippen LogP contribution in [0.3, 0.4) is 0 Å². The van der Waals surface area contributed by atoms with Crippen molar-refractivity contribution in [3.63, 3.8) is 0 Å². The van der Waals surface area contributed by atoms with E-state index in [1.54, 1.807) is 0 Å². The molecule has 0 bridgehead atoms. The second kappa shape index (κ2) is 4.53. The molecule has 94 valence electrons. The minimum Gasteiger partial charge on any atom is -0.378 e. The molecular formula is C14H17N3O. The largest absolute Gasteiger partial charge is 0.378 e. The summed E-state index contributed by atoms with van der Waals surface area (Å²) in [7, 11) is 0. The molecule has 3 rings (SSSR count). The topological polar surface area (TPSA) is 50.8 Å². The molecule has 0 saturated carbocycles. The van der Waals surface area contributed by atoms with Gasteiger partial charge in [0.05, 0.1) is 18.4 Å². The van der Waals surface area contributed by atoms with Gasteiger partial charge in [0, 0.05) is 35.1 Å². The highest BCUT2D eigenvalue weighted by atomic mass is 16.5. The van der Waals surface area contributed by atoms with Crippen LogP contribution in [0, 0.1) is 6.92 Å². The fourth-order valence-electron chi connectivity index (χ4n) is 2.48. The number of aryl methyl sites for hydroxylation is 1. The van der Waals surface area contributed by atoms with Crippen LogP contribution in [0.4, 0.5) is 0 Å². The number of fused-ring (bicyclic) bond motifs is 1. The van der Waals surface area contributed by atoms with Crippen molar-refractivity contribution >= 4 is 0 Å². The van der Waals surface area contributed by atoms with Crippen molar-refractivity contribution in [3.05, 3.63) is 35.3 Å². The third-order valence-electron chi connectivity index (χ3n) is 3.37. The van der Waals surface area contributed by atoms with Crippen LogP contribution in [0.2, 0.25) is 0 Å². The van der Waals surface area contributed by atoms with E-state index in [0.29, 0.717) is 0 Å². The molecule has 0 fully saturated rings. The molecule has 0 unspecified atom stereocenters. The number of ether oxygens (including phenoxy) is 1. The number of hydrogen-bond donors (Lipinski definition) is 1. The zero-order valence-corrected chi connectivity index (χ0v) is 10.7. The average molecular weight is 243 g/mol. The van der Waals surface area contributed by atoms with E-state index in [1.165, 1.54) is 11.3 Å². The Kier molecular flexibility index (Phi) is 2.88. The van der Waals surface area contributed by atoms with E-state index in [-0.39, 0.29) is 6.10 Å². The Morgan fingerprint density at radius 2 is 2.33 bits per heavy atom. The molecule has 0 radical (unpaired) electrons. The van der Waals surface area contributed by atoms with Gasteiger partial charge < -0.3 is 4.74 Å². The van der Waals surface area contributed by atoms with Gasteiger partial charge >= 0.3 is 0 Å². The van der Waals surface area contributed by atoms with Crippen molar-refractivity contribution in [2.75, 3.05) is 6.61 Å². The van der Waals surface area contributed by atoms with Gasteiger partial charge in [0.25, 0.3) is 0 Å². The summed E-state index contributed by atoms with van der Waals surface area (Å²) in [6, 6.07) is 4.09. The van der Waals surface area contributed by atoms with Crippen LogP contribution >= 0.6 is 0 Å². The van der Waals surface area contributed by atoms with E-state index in [1.807, 2.05) is 19.2 Å². The van der Waals surface area contributed by atoms with Crippen LogP contribution in [-0.2, 0) is 17.6 Å². The van der Waals surface area contributed by atoms with Crippen molar-refractivity contribution < 1.29 is 4.74 Å². The molecule has 0 aromatic carbocycles. The number of aromatic amines is 1. The van der Waals surface area contributed by atoms with E-state index < -0.39 is 0 Å². The highest BCUT2D eigenvalue weighted by Gasteiger charge is 2.20. The summed E-state index contributed by atoms with van der Waals surface area (Å²) < 4.78 is 5.70. The van der Waals surface area contributed by atoms with E-state index >= 15 is 0 Å². The van der Waals surface area contributed by atoms with Gasteiger partial charge in [0.15, 0.2) is 0 Å². The summed E-state index contributed by atoms with van der Waals surface area (Å²) in [6.45, 7) is 4.87. The van der Waals surface area contributed by atoms with Gasteiger partial charge in [-0.05, 0) is 32.4 Å². The lowest BCUT2D eigenvalue weighted by molar-refractivity contribution is 0.0737. The number of hydrogen-bond acceptors (Lipinski definition) is 3. The molecule has 2 aromatic rings. The summed E-state index contributed by atoms with van der Waals surface area (Å²) in [5.74, 6) is 0. The lowest BCUT2D eigenvalue weighted by Gasteiger charge is -2.06. The number of aromatic nitrogens is 3. The van der Waals surface area contributed by atoms with E-state index in [2.05, 4.69) is 28.2 Å². The Morgan fingerprint density at radius 1 is 1.44 bits per heavy atom. The number of rotatable bonds is 1. The van der Waals surface area contributed by atoms with Crippen LogP contribution in [0.5, 0.6) is 0 Å². The third-order valence-corrected chi connectivity index (χ3v) is 3.37. The second-order valence-electron chi connectivity index (χ2n) is 4.85. The van der Waals surface area contributed by atoms with Crippen LogP contribution in [0.25, 0.3) is 11.3 Å². The van der Waals surface area contributed by atoms with Crippen LogP contribution < -0.4 is 0 Å². The maximum Gasteiger partial charge on any atom is 0.0957 e. The molecule has 4 heteroatoms. The lowest BCUT2D eigenvalue weighted by Crippen LogP contribution is -2.09. The Balaban J connectivity index is 2.04. The first-order valence-electron chi connectivity index (χ1n) is 6.35. The SMILES string of the molecule is Cc1cc(-c2n[nH]c3c2CCO[C@H](C)C3)ccn1. The maximum absolute atomic E-state index is 5.70. The Bertz CT molecular complexity index is 562. The van der Waals surface area contributed by atoms with Crippen LogP contribution in [-0.4, -0.2) is 27.9 Å². The van der Waals surface area contributed by atoms with Crippen molar-refractivity contribution in [3.8, 4) is 11.3 Å². The summed E-state index contributed by atoms with van der Waals surface area (Å²) >= 11 is 0. The van der Waals surface area contributed by atoms with Gasteiger partial charge in [0.2, 0.25) is 0 Å². The van der Waals surface area contributed by atoms with Crippen molar-refractivity contribution in [2.45, 2.75) is 32.8 Å². The monoisotopic (exact) mass is 243 g/mol. The van der Waals surface area contributed by atoms with Crippen LogP contribution in [0.1, 0.15) is 23.9 Å². The molecule has 1 aliphatic rings. The minimum absolute atomic E-state index is 0.263. The van der Waals surface area contributed by atoms with Gasteiger partial charge in [-0.3, -0.25) is 10.1 Å². The summed E-state index contributed by atoms with van der Waals surface area (Å²) in [4.78, 5) is 4.23. The Labute approximate surface area is 106 Å². The zero-order chi connectivity index (χ0) is 12.5. The van der Waals surface area contributed by atoms with E-state index in [9.17, 15) is 0 Å². The first kappa shape index (κ1) is 11.4. The molecule has 1 aliphatic heterocycles. The highest BCUT2D eigenvalue weighted by molar-refractivity contribution is 5.64. The predicted octanol–water partition coefficient (Wildman–Crippen LogP) is 2.28. The Hall–Kier alpha value is -1.68. The number of nitrogens with one attached hydrogen (secondary N) is 1. The third kappa shape index (κ3) is 2.04. The fraction of sp³-hybridized carbons (Fsp3) is 0.429. The first-order chi connectivity index (χ1) is 8.74. The molecule has 3 heterocycles. The zero-order valence-electron chi connectivity index (χ0n) is 10.7. The van der Waals surface area contributed by atoms with Crippen molar-refractivity contribution in [1.82, 2.24) is 15.2 Å². The fourth-order valence-corrected chi connectivity index (χ4v) is 2.48. The molecule has 18 heavy (non-hydrogen) atoms. The van der Waals surface area contributed by atoms with Gasteiger partial charge in [-0.15, -0.1) is 0 Å². The normalized spacial score (nSPS) is 19.3. The van der Waals surface area contributed by atoms with E-state index in [4.69, 9.17) is 4.74 Å². The summed E-state index contributed by atoms with van der Waals surface area (Å²) in [5.41, 5.74) is 5.71. The summed E-state index contributed by atoms with van der Waals surface area (Å²) in [5, 5.41) is 7.64. The number of H-pyrrole nitrogens is 1. The molecule has 0 aliphatic carbocycles. The smallest absolute Gasteiger partial charge is 0.0957 e. The van der Waals surface area contributed by atoms with Gasteiger partial charge in [-0.2, -0.15) is 5.10 Å². The van der Waals surface area contributed by atoms with Gasteiger partial charge in [-0.1, -0.05) is 0 Å². The standard InChI is InChI=1S/C14H17N3O/c1-9-7-11(3-5-15-9)14-12-4-6-18-10(2)8-13(12)16-17-14/h3,5,7,10H,4,6,8H2,1-2H3,(H,16,17)/t10-/m1/s1. The van der Waals surface area contributed by atoms with Crippen molar-refractivity contribution in [1.29, 1.82) is 0 Å². The number of nitrogens with zero attached hydrogens (tertiary/aromatic N) is 2. The van der Waals surface area contributed by atoms with Gasteiger partial charge in [0.1, 0.15) is 0 Å². The maximum atomic E-state index is 5.70. The summed E-state index contributed by atoms with van der Waals surface area (Å²) in [6.07, 6.45) is 3.93. The molecule has 2 aromatic heterocycles. The molecule has 1 atom stereocenters. The number of pyridine rings is 1. The highest BCUT2D eigenvalue weighted by Crippen LogP contribution is 2.27. The molecule has 4 nitrogen and oxygen atoms in total. The first-order valence-corrected chi connectivity index (χ1v) is 6.35. The second-order valence-corrected chi connectivity index (χ2v) is 4.85. The molecule has 0 amide bonds. The predicted molar refractivity (Wildman–Crippen MR) is 69.4 cm³/mol.